The Kier molecular flexibility index (Phi) is 5.35. The monoisotopic (exact) mass is 367 g/mol. The zero-order chi connectivity index (χ0) is 19.6. The molecule has 0 atom stereocenters. The van der Waals surface area contributed by atoms with Crippen LogP contribution in [0.3, 0.4) is 0 Å². The molecule has 3 rings (SSSR count). The first kappa shape index (κ1) is 18.8. The van der Waals surface area contributed by atoms with Crippen molar-refractivity contribution in [1.82, 2.24) is 4.90 Å². The molecule has 0 aliphatic carbocycles. The number of carbonyl (C=O) groups excluding carboxylic acids is 2. The van der Waals surface area contributed by atoms with Crippen molar-refractivity contribution in [2.45, 2.75) is 33.2 Å². The van der Waals surface area contributed by atoms with Gasteiger partial charge in [-0.25, -0.2) is 9.40 Å². The Morgan fingerprint density at radius 2 is 1.93 bits per heavy atom. The zero-order valence-corrected chi connectivity index (χ0v) is 15.7. The van der Waals surface area contributed by atoms with Gasteiger partial charge in [0.1, 0.15) is 11.5 Å². The minimum atomic E-state index is -0.352. The van der Waals surface area contributed by atoms with Gasteiger partial charge < -0.3 is 4.90 Å². The second-order valence-corrected chi connectivity index (χ2v) is 6.79. The highest BCUT2D eigenvalue weighted by Gasteiger charge is 2.28. The van der Waals surface area contributed by atoms with E-state index in [1.54, 1.807) is 25.2 Å². The van der Waals surface area contributed by atoms with E-state index in [-0.39, 0.29) is 37.0 Å². The molecule has 140 valence electrons. The summed E-state index contributed by atoms with van der Waals surface area (Å²) in [4.78, 5) is 26.6. The van der Waals surface area contributed by atoms with Crippen molar-refractivity contribution in [2.24, 2.45) is 5.10 Å². The Bertz CT molecular complexity index is 923. The van der Waals surface area contributed by atoms with E-state index in [0.29, 0.717) is 17.0 Å². The second kappa shape index (κ2) is 7.70. The lowest BCUT2D eigenvalue weighted by atomic mass is 10.1. The highest BCUT2D eigenvalue weighted by atomic mass is 19.1. The van der Waals surface area contributed by atoms with Gasteiger partial charge in [0.2, 0.25) is 5.91 Å². The molecule has 0 saturated carbocycles. The van der Waals surface area contributed by atoms with E-state index in [1.165, 1.54) is 16.0 Å². The van der Waals surface area contributed by atoms with Gasteiger partial charge in [-0.1, -0.05) is 30.3 Å². The van der Waals surface area contributed by atoms with Crippen molar-refractivity contribution in [2.75, 3.05) is 12.1 Å². The van der Waals surface area contributed by atoms with Gasteiger partial charge >= 0.3 is 0 Å². The van der Waals surface area contributed by atoms with E-state index < -0.39 is 0 Å². The van der Waals surface area contributed by atoms with Gasteiger partial charge in [-0.05, 0) is 37.1 Å². The van der Waals surface area contributed by atoms with Crippen LogP contribution in [0.2, 0.25) is 0 Å². The number of aryl methyl sites for hydroxylation is 2. The Balaban J connectivity index is 1.84. The number of hydrogen-bond acceptors (Lipinski definition) is 3. The molecule has 2 amide bonds. The molecule has 1 aliphatic heterocycles. The maximum atomic E-state index is 13.9. The van der Waals surface area contributed by atoms with E-state index >= 15 is 0 Å². The fourth-order valence-corrected chi connectivity index (χ4v) is 3.02. The average Bonchev–Trinajstić information content (AvgIpc) is 2.65. The molecule has 5 nitrogen and oxygen atoms in total. The van der Waals surface area contributed by atoms with Crippen LogP contribution in [0.4, 0.5) is 10.1 Å². The lowest BCUT2D eigenvalue weighted by molar-refractivity contribution is -0.123. The maximum absolute atomic E-state index is 13.9. The van der Waals surface area contributed by atoms with Crippen LogP contribution in [-0.2, 0) is 16.1 Å². The molecule has 0 spiro atoms. The molecule has 0 aromatic heterocycles. The molecule has 1 heterocycles. The van der Waals surface area contributed by atoms with Crippen molar-refractivity contribution >= 4 is 23.2 Å². The topological polar surface area (TPSA) is 53.0 Å². The minimum Gasteiger partial charge on any atom is -0.336 e. The van der Waals surface area contributed by atoms with E-state index in [1.807, 2.05) is 32.0 Å². The molecule has 6 heteroatoms. The van der Waals surface area contributed by atoms with E-state index in [0.717, 1.165) is 11.1 Å². The smallest absolute Gasteiger partial charge is 0.270 e. The van der Waals surface area contributed by atoms with Crippen molar-refractivity contribution in [3.63, 3.8) is 0 Å². The molecule has 2 aromatic carbocycles. The van der Waals surface area contributed by atoms with Gasteiger partial charge in [-0.15, -0.1) is 0 Å². The molecule has 0 N–H and O–H groups in total. The molecule has 0 unspecified atom stereocenters. The molecule has 2 aromatic rings. The van der Waals surface area contributed by atoms with Gasteiger partial charge in [-0.3, -0.25) is 9.59 Å². The molecule has 1 aliphatic rings. The van der Waals surface area contributed by atoms with Gasteiger partial charge in [0.15, 0.2) is 0 Å². The highest BCUT2D eigenvalue weighted by molar-refractivity contribution is 6.40. The summed E-state index contributed by atoms with van der Waals surface area (Å²) in [6.45, 7) is 3.98. The Morgan fingerprint density at radius 3 is 2.67 bits per heavy atom. The Morgan fingerprint density at radius 1 is 1.19 bits per heavy atom. The summed E-state index contributed by atoms with van der Waals surface area (Å²) in [5.74, 6) is -0.798. The summed E-state index contributed by atoms with van der Waals surface area (Å²) in [7, 11) is 1.61. The molecular formula is C21H22FN3O2. The minimum absolute atomic E-state index is 0.141. The highest BCUT2D eigenvalue weighted by Crippen LogP contribution is 2.25. The predicted octanol–water partition coefficient (Wildman–Crippen LogP) is 3.58. The molecule has 0 bridgehead atoms. The summed E-state index contributed by atoms with van der Waals surface area (Å²) >= 11 is 0. The maximum Gasteiger partial charge on any atom is 0.270 e. The van der Waals surface area contributed by atoms with Gasteiger partial charge in [0, 0.05) is 32.0 Å². The van der Waals surface area contributed by atoms with Gasteiger partial charge in [0.05, 0.1) is 5.69 Å². The molecule has 0 radical (unpaired) electrons. The summed E-state index contributed by atoms with van der Waals surface area (Å²) in [6, 6.07) is 12.1. The molecular weight excluding hydrogens is 345 g/mol. The molecule has 0 saturated heterocycles. The average molecular weight is 367 g/mol. The zero-order valence-electron chi connectivity index (χ0n) is 15.7. The number of rotatable bonds is 4. The van der Waals surface area contributed by atoms with Crippen molar-refractivity contribution in [3.05, 3.63) is 65.0 Å². The Labute approximate surface area is 158 Å². The van der Waals surface area contributed by atoms with E-state index in [2.05, 4.69) is 5.10 Å². The first-order valence-electron chi connectivity index (χ1n) is 8.83. The summed E-state index contributed by atoms with van der Waals surface area (Å²) in [5.41, 5.74) is 3.34. The SMILES string of the molecule is Cc1ccc(C)c(N2N=C(C(=O)N(C)Cc3ccccc3F)CCC2=O)c1. The van der Waals surface area contributed by atoms with Crippen LogP contribution in [0.1, 0.15) is 29.5 Å². The van der Waals surface area contributed by atoms with E-state index in [9.17, 15) is 14.0 Å². The van der Waals surface area contributed by atoms with Crippen molar-refractivity contribution < 1.29 is 14.0 Å². The van der Waals surface area contributed by atoms with Crippen LogP contribution < -0.4 is 5.01 Å². The number of benzene rings is 2. The molecule has 27 heavy (non-hydrogen) atoms. The summed E-state index contributed by atoms with van der Waals surface area (Å²) in [6.07, 6.45) is 0.492. The standard InChI is InChI=1S/C21H22FN3O2/c1-14-8-9-15(2)19(12-14)25-20(26)11-10-18(23-25)21(27)24(3)13-16-6-4-5-7-17(16)22/h4-9,12H,10-11,13H2,1-3H3. The fraction of sp³-hybridized carbons (Fsp3) is 0.286. The van der Waals surface area contributed by atoms with Gasteiger partial charge in [-0.2, -0.15) is 5.10 Å². The Hall–Kier alpha value is -3.02. The predicted molar refractivity (Wildman–Crippen MR) is 103 cm³/mol. The summed E-state index contributed by atoms with van der Waals surface area (Å²) < 4.78 is 13.9. The van der Waals surface area contributed by atoms with Crippen LogP contribution >= 0.6 is 0 Å². The third-order valence-corrected chi connectivity index (χ3v) is 4.58. The number of hydrogen-bond donors (Lipinski definition) is 0. The number of hydrazone groups is 1. The lowest BCUT2D eigenvalue weighted by Crippen LogP contribution is -2.40. The third-order valence-electron chi connectivity index (χ3n) is 4.58. The van der Waals surface area contributed by atoms with Crippen LogP contribution in [0.5, 0.6) is 0 Å². The largest absolute Gasteiger partial charge is 0.336 e. The first-order valence-corrected chi connectivity index (χ1v) is 8.83. The number of amides is 2. The van der Waals surface area contributed by atoms with Crippen LogP contribution in [0.25, 0.3) is 0 Å². The van der Waals surface area contributed by atoms with Gasteiger partial charge in [0.25, 0.3) is 5.91 Å². The quantitative estimate of drug-likeness (QED) is 0.829. The number of anilines is 1. The second-order valence-electron chi connectivity index (χ2n) is 6.79. The van der Waals surface area contributed by atoms with Crippen molar-refractivity contribution in [3.8, 4) is 0 Å². The van der Waals surface area contributed by atoms with Crippen LogP contribution in [0.15, 0.2) is 47.6 Å². The third kappa shape index (κ3) is 4.05. The first-order chi connectivity index (χ1) is 12.9. The lowest BCUT2D eigenvalue weighted by Gasteiger charge is -2.26. The van der Waals surface area contributed by atoms with Crippen LogP contribution in [0, 0.1) is 19.7 Å². The molecule has 0 fully saturated rings. The van der Waals surface area contributed by atoms with Crippen molar-refractivity contribution in [1.29, 1.82) is 0 Å². The number of carbonyl (C=O) groups is 2. The van der Waals surface area contributed by atoms with Crippen LogP contribution in [-0.4, -0.2) is 29.5 Å². The normalized spacial score (nSPS) is 14.1. The fourth-order valence-electron chi connectivity index (χ4n) is 3.02. The van der Waals surface area contributed by atoms with E-state index in [4.69, 9.17) is 0 Å². The summed E-state index contributed by atoms with van der Waals surface area (Å²) in [5, 5.41) is 5.65. The number of halogens is 1. The number of nitrogens with zero attached hydrogens (tertiary/aromatic N) is 3.